The van der Waals surface area contributed by atoms with E-state index < -0.39 is 0 Å². The van der Waals surface area contributed by atoms with Gasteiger partial charge in [0.15, 0.2) is 5.43 Å². The Balaban J connectivity index is 2.18. The molecule has 0 spiro atoms. The number of thioether (sulfide) groups is 1. The molecule has 0 bridgehead atoms. The highest BCUT2D eigenvalue weighted by molar-refractivity contribution is 7.99. The quantitative estimate of drug-likeness (QED) is 0.851. The first-order valence-corrected chi connectivity index (χ1v) is 8.01. The lowest BCUT2D eigenvalue weighted by Crippen LogP contribution is -2.33. The molecule has 0 N–H and O–H groups in total. The SMILES string of the molecule is CCn1ccc(=O)c2cc(F)c(N3CCSCC3)cc21. The fourth-order valence-corrected chi connectivity index (χ4v) is 3.54. The molecule has 0 unspecified atom stereocenters. The van der Waals surface area contributed by atoms with Crippen LogP contribution in [0.1, 0.15) is 6.92 Å². The van der Waals surface area contributed by atoms with Crippen molar-refractivity contribution in [3.8, 4) is 0 Å². The lowest BCUT2D eigenvalue weighted by atomic mass is 10.1. The van der Waals surface area contributed by atoms with Gasteiger partial charge in [-0.2, -0.15) is 11.8 Å². The summed E-state index contributed by atoms with van der Waals surface area (Å²) in [5.41, 5.74) is 1.31. The van der Waals surface area contributed by atoms with Crippen LogP contribution in [0.3, 0.4) is 0 Å². The molecule has 3 rings (SSSR count). The first kappa shape index (κ1) is 13.5. The fraction of sp³-hybridized carbons (Fsp3) is 0.400. The van der Waals surface area contributed by atoms with E-state index in [4.69, 9.17) is 0 Å². The van der Waals surface area contributed by atoms with Gasteiger partial charge >= 0.3 is 0 Å². The van der Waals surface area contributed by atoms with E-state index in [1.165, 1.54) is 12.1 Å². The maximum Gasteiger partial charge on any atom is 0.189 e. The molecule has 5 heteroatoms. The molecule has 1 aromatic carbocycles. The van der Waals surface area contributed by atoms with Gasteiger partial charge in [-0.05, 0) is 19.1 Å². The molecule has 0 aliphatic carbocycles. The average Bonchev–Trinajstić information content (AvgIpc) is 2.49. The first-order valence-electron chi connectivity index (χ1n) is 6.86. The average molecular weight is 292 g/mol. The molecule has 1 aromatic heterocycles. The largest absolute Gasteiger partial charge is 0.367 e. The highest BCUT2D eigenvalue weighted by Gasteiger charge is 2.17. The van der Waals surface area contributed by atoms with Gasteiger partial charge in [-0.15, -0.1) is 0 Å². The van der Waals surface area contributed by atoms with Gasteiger partial charge < -0.3 is 9.47 Å². The topological polar surface area (TPSA) is 25.2 Å². The van der Waals surface area contributed by atoms with E-state index >= 15 is 0 Å². The van der Waals surface area contributed by atoms with E-state index in [-0.39, 0.29) is 11.2 Å². The molecular weight excluding hydrogens is 275 g/mol. The molecule has 2 heterocycles. The Kier molecular flexibility index (Phi) is 3.70. The Morgan fingerprint density at radius 3 is 2.75 bits per heavy atom. The second-order valence-electron chi connectivity index (χ2n) is 4.89. The smallest absolute Gasteiger partial charge is 0.189 e. The monoisotopic (exact) mass is 292 g/mol. The zero-order chi connectivity index (χ0) is 14.1. The van der Waals surface area contributed by atoms with Crippen molar-refractivity contribution in [1.29, 1.82) is 0 Å². The van der Waals surface area contributed by atoms with Crippen LogP contribution in [-0.4, -0.2) is 29.2 Å². The molecule has 1 aliphatic heterocycles. The van der Waals surface area contributed by atoms with E-state index in [0.717, 1.165) is 36.7 Å². The predicted octanol–water partition coefficient (Wildman–Crippen LogP) is 2.71. The molecule has 1 saturated heterocycles. The van der Waals surface area contributed by atoms with E-state index in [1.807, 2.05) is 29.3 Å². The number of pyridine rings is 1. The van der Waals surface area contributed by atoms with Crippen molar-refractivity contribution in [2.75, 3.05) is 29.5 Å². The van der Waals surface area contributed by atoms with Gasteiger partial charge in [0.1, 0.15) is 5.82 Å². The summed E-state index contributed by atoms with van der Waals surface area (Å²) in [6.07, 6.45) is 1.78. The summed E-state index contributed by atoms with van der Waals surface area (Å²) in [6, 6.07) is 4.72. The summed E-state index contributed by atoms with van der Waals surface area (Å²) in [7, 11) is 0. The van der Waals surface area contributed by atoms with Crippen molar-refractivity contribution < 1.29 is 4.39 Å². The van der Waals surface area contributed by atoms with Crippen molar-refractivity contribution >= 4 is 28.4 Å². The van der Waals surface area contributed by atoms with E-state index in [2.05, 4.69) is 4.90 Å². The molecule has 20 heavy (non-hydrogen) atoms. The van der Waals surface area contributed by atoms with Crippen molar-refractivity contribution in [2.45, 2.75) is 13.5 Å². The third-order valence-electron chi connectivity index (χ3n) is 3.74. The van der Waals surface area contributed by atoms with Gasteiger partial charge in [-0.3, -0.25) is 4.79 Å². The van der Waals surface area contributed by atoms with Crippen LogP contribution in [0, 0.1) is 5.82 Å². The maximum absolute atomic E-state index is 14.3. The van der Waals surface area contributed by atoms with Crippen molar-refractivity contribution in [3.05, 3.63) is 40.4 Å². The standard InChI is InChI=1S/C15H17FN2OS/c1-2-17-4-3-15(19)11-9-12(16)14(10-13(11)17)18-5-7-20-8-6-18/h3-4,9-10H,2,5-8H2,1H3. The lowest BCUT2D eigenvalue weighted by Gasteiger charge is -2.29. The maximum atomic E-state index is 14.3. The molecule has 1 fully saturated rings. The molecule has 0 atom stereocenters. The first-order chi connectivity index (χ1) is 9.70. The Morgan fingerprint density at radius 2 is 2.05 bits per heavy atom. The highest BCUT2D eigenvalue weighted by atomic mass is 32.2. The molecule has 3 nitrogen and oxygen atoms in total. The second kappa shape index (κ2) is 5.48. The molecule has 1 aliphatic rings. The van der Waals surface area contributed by atoms with Gasteiger partial charge in [0.05, 0.1) is 11.2 Å². The number of nitrogens with zero attached hydrogens (tertiary/aromatic N) is 2. The van der Waals surface area contributed by atoms with Crippen LogP contribution < -0.4 is 10.3 Å². The van der Waals surface area contributed by atoms with Crippen LogP contribution in [0.25, 0.3) is 10.9 Å². The summed E-state index contributed by atoms with van der Waals surface area (Å²) in [6.45, 7) is 4.49. The minimum Gasteiger partial charge on any atom is -0.367 e. The summed E-state index contributed by atoms with van der Waals surface area (Å²) in [5.74, 6) is 1.75. The van der Waals surface area contributed by atoms with Crippen molar-refractivity contribution in [3.63, 3.8) is 0 Å². The molecule has 106 valence electrons. The zero-order valence-electron chi connectivity index (χ0n) is 11.4. The van der Waals surface area contributed by atoms with Crippen LogP contribution in [0.15, 0.2) is 29.2 Å². The van der Waals surface area contributed by atoms with E-state index in [1.54, 1.807) is 6.20 Å². The van der Waals surface area contributed by atoms with E-state index in [9.17, 15) is 9.18 Å². The second-order valence-corrected chi connectivity index (χ2v) is 6.11. The number of benzene rings is 1. The molecule has 0 saturated carbocycles. The fourth-order valence-electron chi connectivity index (χ4n) is 2.64. The molecule has 0 amide bonds. The Hall–Kier alpha value is -1.49. The number of fused-ring (bicyclic) bond motifs is 1. The number of rotatable bonds is 2. The zero-order valence-corrected chi connectivity index (χ0v) is 12.3. The van der Waals surface area contributed by atoms with Crippen molar-refractivity contribution in [1.82, 2.24) is 4.57 Å². The number of anilines is 1. The Bertz CT molecular complexity index is 692. The Labute approximate surface area is 121 Å². The third kappa shape index (κ3) is 2.30. The number of halogens is 1. The van der Waals surface area contributed by atoms with Gasteiger partial charge in [-0.25, -0.2) is 4.39 Å². The van der Waals surface area contributed by atoms with Gasteiger partial charge in [0.25, 0.3) is 0 Å². The lowest BCUT2D eigenvalue weighted by molar-refractivity contribution is 0.621. The van der Waals surface area contributed by atoms with Gasteiger partial charge in [0, 0.05) is 48.8 Å². The molecule has 0 radical (unpaired) electrons. The predicted molar refractivity (Wildman–Crippen MR) is 83.4 cm³/mol. The summed E-state index contributed by atoms with van der Waals surface area (Å²) in [5, 5.41) is 0.460. The normalized spacial score (nSPS) is 15.8. The molecule has 2 aromatic rings. The highest BCUT2D eigenvalue weighted by Crippen LogP contribution is 2.26. The summed E-state index contributed by atoms with van der Waals surface area (Å²) < 4.78 is 16.3. The van der Waals surface area contributed by atoms with E-state index in [0.29, 0.717) is 11.1 Å². The summed E-state index contributed by atoms with van der Waals surface area (Å²) in [4.78, 5) is 14.0. The number of aryl methyl sites for hydroxylation is 1. The van der Waals surface area contributed by atoms with Crippen LogP contribution in [0.2, 0.25) is 0 Å². The summed E-state index contributed by atoms with van der Waals surface area (Å²) >= 11 is 1.89. The van der Waals surface area contributed by atoms with Crippen LogP contribution >= 0.6 is 11.8 Å². The van der Waals surface area contributed by atoms with Gasteiger partial charge in [-0.1, -0.05) is 0 Å². The Morgan fingerprint density at radius 1 is 1.30 bits per heavy atom. The number of hydrogen-bond acceptors (Lipinski definition) is 3. The van der Waals surface area contributed by atoms with Crippen LogP contribution in [0.4, 0.5) is 10.1 Å². The number of hydrogen-bond donors (Lipinski definition) is 0. The molecular formula is C15H17FN2OS. The van der Waals surface area contributed by atoms with Crippen LogP contribution in [0.5, 0.6) is 0 Å². The van der Waals surface area contributed by atoms with Crippen molar-refractivity contribution in [2.24, 2.45) is 0 Å². The minimum absolute atomic E-state index is 0.121. The van der Waals surface area contributed by atoms with Gasteiger partial charge in [0.2, 0.25) is 0 Å². The van der Waals surface area contributed by atoms with Crippen LogP contribution in [-0.2, 0) is 6.54 Å². The minimum atomic E-state index is -0.296. The third-order valence-corrected chi connectivity index (χ3v) is 4.68. The number of aromatic nitrogens is 1.